The summed E-state index contributed by atoms with van der Waals surface area (Å²) >= 11 is 0. The number of aryl methyl sites for hydroxylation is 1. The van der Waals surface area contributed by atoms with Gasteiger partial charge in [0.25, 0.3) is 5.91 Å². The van der Waals surface area contributed by atoms with E-state index in [0.29, 0.717) is 0 Å². The molecule has 0 radical (unpaired) electrons. The molecule has 0 saturated carbocycles. The number of likely N-dealkylation sites (N-methyl/N-ethyl adjacent to an activating group) is 1. The van der Waals surface area contributed by atoms with Gasteiger partial charge in [0.05, 0.1) is 4.90 Å². The summed E-state index contributed by atoms with van der Waals surface area (Å²) in [5.41, 5.74) is 0.930. The van der Waals surface area contributed by atoms with E-state index in [1.165, 1.54) is 17.0 Å². The van der Waals surface area contributed by atoms with Crippen molar-refractivity contribution in [1.29, 1.82) is 0 Å². The average Bonchev–Trinajstić information content (AvgIpc) is 2.51. The van der Waals surface area contributed by atoms with Crippen molar-refractivity contribution in [2.75, 3.05) is 20.7 Å². The number of amides is 1. The number of carbonyl (C=O) groups is 2. The smallest absolute Gasteiger partial charge is 0.324 e. The number of sulfonamides is 1. The van der Waals surface area contributed by atoms with Gasteiger partial charge in [0.15, 0.2) is 6.61 Å². The number of nitrogens with zero attached hydrogens (tertiary/aromatic N) is 1. The van der Waals surface area contributed by atoms with Crippen molar-refractivity contribution in [2.45, 2.75) is 38.1 Å². The van der Waals surface area contributed by atoms with E-state index in [2.05, 4.69) is 4.72 Å². The molecule has 0 unspecified atom stereocenters. The van der Waals surface area contributed by atoms with E-state index < -0.39 is 28.6 Å². The van der Waals surface area contributed by atoms with Crippen LogP contribution in [0.3, 0.4) is 0 Å². The second-order valence-corrected chi connectivity index (χ2v) is 8.23. The number of rotatable bonds is 8. The van der Waals surface area contributed by atoms with E-state index in [4.69, 9.17) is 4.74 Å². The fourth-order valence-electron chi connectivity index (χ4n) is 2.00. The molecule has 25 heavy (non-hydrogen) atoms. The highest BCUT2D eigenvalue weighted by atomic mass is 32.2. The number of carbonyl (C=O) groups excluding carboxylic acids is 2. The SMILES string of the molecule is Cc1ccc(S(=O)(=O)N[C@H](CC(C)C)C(=O)OCC(=O)N(C)C)cc1. The summed E-state index contributed by atoms with van der Waals surface area (Å²) in [5.74, 6) is -1.08. The van der Waals surface area contributed by atoms with Crippen LogP contribution in [0.2, 0.25) is 0 Å². The average molecular weight is 370 g/mol. The molecule has 0 aromatic heterocycles. The van der Waals surface area contributed by atoms with Crippen molar-refractivity contribution in [3.63, 3.8) is 0 Å². The Kier molecular flexibility index (Phi) is 7.57. The van der Waals surface area contributed by atoms with Crippen molar-refractivity contribution in [3.8, 4) is 0 Å². The van der Waals surface area contributed by atoms with E-state index >= 15 is 0 Å². The van der Waals surface area contributed by atoms with Crippen LogP contribution in [0.1, 0.15) is 25.8 Å². The van der Waals surface area contributed by atoms with Crippen LogP contribution in [-0.2, 0) is 24.3 Å². The first-order valence-electron chi connectivity index (χ1n) is 7.98. The summed E-state index contributed by atoms with van der Waals surface area (Å²) in [6.07, 6.45) is 0.264. The van der Waals surface area contributed by atoms with E-state index in [9.17, 15) is 18.0 Å². The van der Waals surface area contributed by atoms with Crippen LogP contribution < -0.4 is 4.72 Å². The van der Waals surface area contributed by atoms with Gasteiger partial charge >= 0.3 is 5.97 Å². The molecule has 0 aliphatic carbocycles. The lowest BCUT2D eigenvalue weighted by Gasteiger charge is -2.20. The highest BCUT2D eigenvalue weighted by molar-refractivity contribution is 7.89. The van der Waals surface area contributed by atoms with Gasteiger partial charge in [-0.25, -0.2) is 8.42 Å². The zero-order valence-electron chi connectivity index (χ0n) is 15.3. The standard InChI is InChI=1S/C17H26N2O5S/c1-12(2)10-15(17(21)24-11-16(20)19(4)5)18-25(22,23)14-8-6-13(3)7-9-14/h6-9,12,15,18H,10-11H2,1-5H3/t15-/m1/s1. The molecule has 1 amide bonds. The molecule has 0 spiro atoms. The van der Waals surface area contributed by atoms with Crippen molar-refractivity contribution in [1.82, 2.24) is 9.62 Å². The molecule has 1 aromatic carbocycles. The summed E-state index contributed by atoms with van der Waals surface area (Å²) in [7, 11) is -0.781. The first kappa shape index (κ1) is 21.1. The number of ether oxygens (including phenoxy) is 1. The molecule has 0 saturated heterocycles. The van der Waals surface area contributed by atoms with Gasteiger partial charge in [-0.1, -0.05) is 31.5 Å². The van der Waals surface area contributed by atoms with Gasteiger partial charge in [0, 0.05) is 14.1 Å². The Morgan fingerprint density at radius 2 is 1.72 bits per heavy atom. The topological polar surface area (TPSA) is 92.8 Å². The van der Waals surface area contributed by atoms with Gasteiger partial charge in [-0.3, -0.25) is 9.59 Å². The van der Waals surface area contributed by atoms with Crippen LogP contribution >= 0.6 is 0 Å². The van der Waals surface area contributed by atoms with Gasteiger partial charge in [-0.05, 0) is 31.4 Å². The normalized spacial score (nSPS) is 12.7. The Hall–Kier alpha value is -1.93. The maximum atomic E-state index is 12.5. The molecule has 8 heteroatoms. The molecule has 0 heterocycles. The lowest BCUT2D eigenvalue weighted by atomic mass is 10.1. The monoisotopic (exact) mass is 370 g/mol. The van der Waals surface area contributed by atoms with E-state index in [1.54, 1.807) is 26.2 Å². The van der Waals surface area contributed by atoms with Crippen molar-refractivity contribution >= 4 is 21.9 Å². The highest BCUT2D eigenvalue weighted by Crippen LogP contribution is 2.14. The number of benzene rings is 1. The maximum absolute atomic E-state index is 12.5. The van der Waals surface area contributed by atoms with Crippen LogP contribution in [-0.4, -0.2) is 51.9 Å². The summed E-state index contributed by atoms with van der Waals surface area (Å²) < 4.78 is 32.3. The van der Waals surface area contributed by atoms with Crippen LogP contribution in [0.5, 0.6) is 0 Å². The van der Waals surface area contributed by atoms with Crippen molar-refractivity contribution in [3.05, 3.63) is 29.8 Å². The van der Waals surface area contributed by atoms with Crippen LogP contribution in [0.4, 0.5) is 0 Å². The highest BCUT2D eigenvalue weighted by Gasteiger charge is 2.28. The Morgan fingerprint density at radius 3 is 2.20 bits per heavy atom. The fourth-order valence-corrected chi connectivity index (χ4v) is 3.20. The molecule has 140 valence electrons. The summed E-state index contributed by atoms with van der Waals surface area (Å²) in [6.45, 7) is 5.16. The second-order valence-electron chi connectivity index (χ2n) is 6.51. The summed E-state index contributed by atoms with van der Waals surface area (Å²) in [4.78, 5) is 25.2. The van der Waals surface area contributed by atoms with Gasteiger partial charge in [-0.15, -0.1) is 0 Å². The van der Waals surface area contributed by atoms with E-state index in [0.717, 1.165) is 5.56 Å². The number of esters is 1. The molecular formula is C17H26N2O5S. The molecule has 1 atom stereocenters. The first-order chi connectivity index (χ1) is 11.5. The lowest BCUT2D eigenvalue weighted by molar-refractivity contribution is -0.152. The van der Waals surface area contributed by atoms with Gasteiger partial charge < -0.3 is 9.64 Å². The fraction of sp³-hybridized carbons (Fsp3) is 0.529. The molecular weight excluding hydrogens is 344 g/mol. The first-order valence-corrected chi connectivity index (χ1v) is 9.47. The third kappa shape index (κ3) is 6.83. The molecule has 0 aliphatic rings. The molecule has 0 aliphatic heterocycles. The quantitative estimate of drug-likeness (QED) is 0.697. The summed E-state index contributed by atoms with van der Waals surface area (Å²) in [6, 6.07) is 5.26. The third-order valence-electron chi connectivity index (χ3n) is 3.46. The maximum Gasteiger partial charge on any atom is 0.324 e. The van der Waals surface area contributed by atoms with Gasteiger partial charge in [-0.2, -0.15) is 4.72 Å². The second kappa shape index (κ2) is 8.96. The van der Waals surface area contributed by atoms with Crippen LogP contribution in [0.15, 0.2) is 29.2 Å². The van der Waals surface area contributed by atoms with E-state index in [-0.39, 0.29) is 23.1 Å². The molecule has 1 rings (SSSR count). The molecule has 7 nitrogen and oxygen atoms in total. The minimum atomic E-state index is -3.87. The Labute approximate surface area is 149 Å². The Balaban J connectivity index is 2.89. The van der Waals surface area contributed by atoms with Crippen LogP contribution in [0, 0.1) is 12.8 Å². The predicted molar refractivity (Wildman–Crippen MR) is 94.4 cm³/mol. The predicted octanol–water partition coefficient (Wildman–Crippen LogP) is 1.32. The minimum absolute atomic E-state index is 0.0582. The largest absolute Gasteiger partial charge is 0.454 e. The molecule has 0 fully saturated rings. The zero-order valence-corrected chi connectivity index (χ0v) is 16.1. The Morgan fingerprint density at radius 1 is 1.16 bits per heavy atom. The van der Waals surface area contributed by atoms with E-state index in [1.807, 2.05) is 20.8 Å². The van der Waals surface area contributed by atoms with Crippen LogP contribution in [0.25, 0.3) is 0 Å². The zero-order chi connectivity index (χ0) is 19.2. The Bertz CT molecular complexity index is 696. The number of hydrogen-bond acceptors (Lipinski definition) is 5. The lowest BCUT2D eigenvalue weighted by Crippen LogP contribution is -2.43. The van der Waals surface area contributed by atoms with Crippen molar-refractivity contribution in [2.24, 2.45) is 5.92 Å². The number of hydrogen-bond donors (Lipinski definition) is 1. The molecule has 1 N–H and O–H groups in total. The third-order valence-corrected chi connectivity index (χ3v) is 4.94. The molecule has 1 aromatic rings. The van der Waals surface area contributed by atoms with Gasteiger partial charge in [0.2, 0.25) is 10.0 Å². The van der Waals surface area contributed by atoms with Crippen molar-refractivity contribution < 1.29 is 22.7 Å². The number of nitrogens with one attached hydrogen (secondary N) is 1. The summed E-state index contributed by atoms with van der Waals surface area (Å²) in [5, 5.41) is 0. The minimum Gasteiger partial charge on any atom is -0.454 e. The van der Waals surface area contributed by atoms with Gasteiger partial charge in [0.1, 0.15) is 6.04 Å². The molecule has 0 bridgehead atoms.